The van der Waals surface area contributed by atoms with Gasteiger partial charge in [0.2, 0.25) is 0 Å². The number of benzene rings is 4. The predicted octanol–water partition coefficient (Wildman–Crippen LogP) is 8.25. The first-order valence-electron chi connectivity index (χ1n) is 10.6. The van der Waals surface area contributed by atoms with Crippen LogP contribution in [0.4, 0.5) is 5.69 Å². The van der Waals surface area contributed by atoms with Crippen LogP contribution in [0.5, 0.6) is 11.5 Å². The summed E-state index contributed by atoms with van der Waals surface area (Å²) in [6.45, 7) is 0. The number of nitrogens with zero attached hydrogens (tertiary/aromatic N) is 1. The zero-order chi connectivity index (χ0) is 23.5. The number of ether oxygens (including phenoxy) is 1. The number of halogens is 2. The molecule has 5 aromatic rings. The lowest BCUT2D eigenvalue weighted by Gasteiger charge is -2.14. The predicted molar refractivity (Wildman–Crippen MR) is 138 cm³/mol. The van der Waals surface area contributed by atoms with E-state index in [4.69, 9.17) is 32.9 Å². The largest absolute Gasteiger partial charge is 0.455 e. The van der Waals surface area contributed by atoms with Gasteiger partial charge in [-0.15, -0.1) is 0 Å². The first-order chi connectivity index (χ1) is 16.6. The van der Waals surface area contributed by atoms with Gasteiger partial charge in [-0.1, -0.05) is 77.8 Å². The van der Waals surface area contributed by atoms with E-state index in [2.05, 4.69) is 5.32 Å². The van der Waals surface area contributed by atoms with Gasteiger partial charge in [-0.3, -0.25) is 4.79 Å². The Labute approximate surface area is 206 Å². The number of pyridine rings is 1. The van der Waals surface area contributed by atoms with Gasteiger partial charge in [-0.25, -0.2) is 4.98 Å². The van der Waals surface area contributed by atoms with Crippen LogP contribution in [0, 0.1) is 0 Å². The second kappa shape index (κ2) is 9.56. The molecule has 4 nitrogen and oxygen atoms in total. The fraction of sp³-hybridized carbons (Fsp3) is 0. The molecule has 6 heteroatoms. The summed E-state index contributed by atoms with van der Waals surface area (Å²) in [7, 11) is 0. The van der Waals surface area contributed by atoms with E-state index in [1.54, 1.807) is 24.3 Å². The minimum Gasteiger partial charge on any atom is -0.455 e. The van der Waals surface area contributed by atoms with Crippen LogP contribution in [-0.2, 0) is 0 Å². The Balaban J connectivity index is 1.53. The molecule has 1 amide bonds. The summed E-state index contributed by atoms with van der Waals surface area (Å²) in [5.41, 5.74) is 3.14. The van der Waals surface area contributed by atoms with Crippen molar-refractivity contribution in [3.8, 4) is 22.8 Å². The molecule has 4 aromatic carbocycles. The van der Waals surface area contributed by atoms with Gasteiger partial charge in [0.25, 0.3) is 5.91 Å². The van der Waals surface area contributed by atoms with Gasteiger partial charge in [0.05, 0.1) is 32.5 Å². The summed E-state index contributed by atoms with van der Waals surface area (Å²) >= 11 is 12.3. The molecule has 1 aromatic heterocycles. The van der Waals surface area contributed by atoms with E-state index >= 15 is 0 Å². The summed E-state index contributed by atoms with van der Waals surface area (Å²) in [5, 5.41) is 4.62. The minimum atomic E-state index is -0.274. The van der Waals surface area contributed by atoms with E-state index < -0.39 is 0 Å². The van der Waals surface area contributed by atoms with Crippen LogP contribution in [0.1, 0.15) is 10.4 Å². The highest BCUT2D eigenvalue weighted by Gasteiger charge is 2.16. The number of carbonyl (C=O) groups is 1. The summed E-state index contributed by atoms with van der Waals surface area (Å²) in [6.07, 6.45) is 0. The fourth-order valence-corrected chi connectivity index (χ4v) is 3.93. The van der Waals surface area contributed by atoms with Crippen molar-refractivity contribution in [3.05, 3.63) is 119 Å². The van der Waals surface area contributed by atoms with Crippen molar-refractivity contribution in [3.63, 3.8) is 0 Å². The number of anilines is 1. The minimum absolute atomic E-state index is 0.274. The molecule has 0 fully saturated rings. The van der Waals surface area contributed by atoms with Crippen LogP contribution in [0.3, 0.4) is 0 Å². The lowest BCUT2D eigenvalue weighted by Crippen LogP contribution is -2.13. The van der Waals surface area contributed by atoms with Crippen molar-refractivity contribution in [2.75, 3.05) is 5.32 Å². The topological polar surface area (TPSA) is 51.2 Å². The molecule has 0 saturated heterocycles. The van der Waals surface area contributed by atoms with E-state index in [1.807, 2.05) is 78.9 Å². The normalized spacial score (nSPS) is 10.8. The number of fused-ring (bicyclic) bond motifs is 1. The number of nitrogens with one attached hydrogen (secondary N) is 1. The van der Waals surface area contributed by atoms with Gasteiger partial charge < -0.3 is 10.1 Å². The second-order valence-electron chi connectivity index (χ2n) is 7.57. The zero-order valence-electron chi connectivity index (χ0n) is 17.8. The molecule has 166 valence electrons. The van der Waals surface area contributed by atoms with Crippen LogP contribution < -0.4 is 10.1 Å². The summed E-state index contributed by atoms with van der Waals surface area (Å²) in [6, 6.07) is 31.3. The number of rotatable bonds is 5. The van der Waals surface area contributed by atoms with Gasteiger partial charge >= 0.3 is 0 Å². The molecule has 0 aliphatic carbocycles. The lowest BCUT2D eigenvalue weighted by molar-refractivity contribution is 0.102. The molecule has 0 aliphatic heterocycles. The van der Waals surface area contributed by atoms with Crippen molar-refractivity contribution in [2.24, 2.45) is 0 Å². The Kier molecular flexibility index (Phi) is 6.17. The van der Waals surface area contributed by atoms with Crippen LogP contribution in [-0.4, -0.2) is 10.9 Å². The fourth-order valence-electron chi connectivity index (χ4n) is 3.63. The van der Waals surface area contributed by atoms with Crippen molar-refractivity contribution >= 4 is 45.7 Å². The second-order valence-corrected chi connectivity index (χ2v) is 8.38. The molecule has 0 radical (unpaired) electrons. The smallest absolute Gasteiger partial charge is 0.256 e. The molecule has 0 unspecified atom stereocenters. The monoisotopic (exact) mass is 484 g/mol. The molecule has 1 N–H and O–H groups in total. The van der Waals surface area contributed by atoms with Crippen molar-refractivity contribution in [1.82, 2.24) is 4.98 Å². The number of aromatic nitrogens is 1. The Morgan fingerprint density at radius 1 is 0.765 bits per heavy atom. The number of carbonyl (C=O) groups excluding carboxylic acids is 1. The van der Waals surface area contributed by atoms with Crippen LogP contribution in [0.2, 0.25) is 10.0 Å². The van der Waals surface area contributed by atoms with Crippen molar-refractivity contribution in [1.29, 1.82) is 0 Å². The average molecular weight is 485 g/mol. The Bertz CT molecular complexity index is 1500. The highest BCUT2D eigenvalue weighted by Crippen LogP contribution is 2.32. The van der Waals surface area contributed by atoms with Crippen molar-refractivity contribution in [2.45, 2.75) is 0 Å². The molecular weight excluding hydrogens is 467 g/mol. The molecule has 1 heterocycles. The third kappa shape index (κ3) is 4.60. The van der Waals surface area contributed by atoms with E-state index in [9.17, 15) is 4.79 Å². The van der Waals surface area contributed by atoms with E-state index in [0.717, 1.165) is 10.9 Å². The molecule has 0 aliphatic rings. The molecule has 34 heavy (non-hydrogen) atoms. The maximum atomic E-state index is 13.5. The first kappa shape index (κ1) is 22.0. The van der Waals surface area contributed by atoms with Crippen LogP contribution in [0.15, 0.2) is 103 Å². The summed E-state index contributed by atoms with van der Waals surface area (Å²) in [5.74, 6) is 0.953. The summed E-state index contributed by atoms with van der Waals surface area (Å²) in [4.78, 5) is 18.2. The Morgan fingerprint density at radius 2 is 1.50 bits per heavy atom. The average Bonchev–Trinajstić information content (AvgIpc) is 2.87. The van der Waals surface area contributed by atoms with Crippen LogP contribution >= 0.6 is 23.2 Å². The third-order valence-corrected chi connectivity index (χ3v) is 6.02. The number of para-hydroxylation sites is 4. The highest BCUT2D eigenvalue weighted by molar-refractivity contribution is 6.42. The number of hydrogen-bond donors (Lipinski definition) is 1. The molecule has 0 atom stereocenters. The van der Waals surface area contributed by atoms with E-state index in [0.29, 0.717) is 44.0 Å². The zero-order valence-corrected chi connectivity index (χ0v) is 19.3. The Hall–Kier alpha value is -3.86. The SMILES string of the molecule is O=C(Nc1ccccc1Oc1ccccc1)c1cc(-c2ccc(Cl)c(Cl)c2)nc2ccccc12. The van der Waals surface area contributed by atoms with Gasteiger partial charge in [-0.2, -0.15) is 0 Å². The third-order valence-electron chi connectivity index (χ3n) is 5.28. The molecule has 5 rings (SSSR count). The van der Waals surface area contributed by atoms with Gasteiger partial charge in [-0.05, 0) is 48.5 Å². The number of amides is 1. The van der Waals surface area contributed by atoms with Gasteiger partial charge in [0.1, 0.15) is 5.75 Å². The molecular formula is C28H18Cl2N2O2. The maximum absolute atomic E-state index is 13.5. The highest BCUT2D eigenvalue weighted by atomic mass is 35.5. The molecule has 0 bridgehead atoms. The molecule has 0 spiro atoms. The number of hydrogen-bond acceptors (Lipinski definition) is 3. The first-order valence-corrected chi connectivity index (χ1v) is 11.3. The molecule has 0 saturated carbocycles. The standard InChI is InChI=1S/C28H18Cl2N2O2/c29-22-15-14-18(16-23(22)30)26-17-21(20-10-4-5-11-24(20)31-26)28(33)32-25-12-6-7-13-27(25)34-19-8-2-1-3-9-19/h1-17H,(H,32,33). The maximum Gasteiger partial charge on any atom is 0.256 e. The van der Waals surface area contributed by atoms with E-state index in [-0.39, 0.29) is 5.91 Å². The lowest BCUT2D eigenvalue weighted by atomic mass is 10.0. The van der Waals surface area contributed by atoms with Gasteiger partial charge in [0, 0.05) is 10.9 Å². The Morgan fingerprint density at radius 3 is 2.32 bits per heavy atom. The van der Waals surface area contributed by atoms with Gasteiger partial charge in [0.15, 0.2) is 5.75 Å². The summed E-state index contributed by atoms with van der Waals surface area (Å²) < 4.78 is 6.00. The van der Waals surface area contributed by atoms with E-state index in [1.165, 1.54) is 0 Å². The quantitative estimate of drug-likeness (QED) is 0.273. The van der Waals surface area contributed by atoms with Crippen molar-refractivity contribution < 1.29 is 9.53 Å². The van der Waals surface area contributed by atoms with Crippen LogP contribution in [0.25, 0.3) is 22.2 Å².